The van der Waals surface area contributed by atoms with Crippen LogP contribution < -0.4 is 0 Å². The molecular formula is C13H22N2O3S. The van der Waals surface area contributed by atoms with Crippen LogP contribution in [0.2, 0.25) is 0 Å². The highest BCUT2D eigenvalue weighted by molar-refractivity contribution is 7.88. The minimum atomic E-state index is -3.14. The molecule has 1 saturated heterocycles. The Morgan fingerprint density at radius 2 is 2.05 bits per heavy atom. The van der Waals surface area contributed by atoms with Crippen LogP contribution in [-0.4, -0.2) is 56.0 Å². The Labute approximate surface area is 115 Å². The van der Waals surface area contributed by atoms with Gasteiger partial charge in [-0.25, -0.2) is 12.7 Å². The molecule has 1 aliphatic carbocycles. The predicted octanol–water partition coefficient (Wildman–Crippen LogP) is 0.837. The molecule has 0 spiro atoms. The van der Waals surface area contributed by atoms with E-state index >= 15 is 0 Å². The fourth-order valence-corrected chi connectivity index (χ4v) is 3.57. The maximum atomic E-state index is 12.2. The zero-order chi connectivity index (χ0) is 13.9. The standard InChI is InChI=1S/C13H22N2O3S/c1-19(17,18)15-8-4-7-14(9-10-15)13(16)11-12-5-2-3-6-12/h2,5,12H,3-4,6-11H2,1H3. The highest BCUT2D eigenvalue weighted by Gasteiger charge is 2.25. The number of rotatable bonds is 3. The second kappa shape index (κ2) is 6.05. The monoisotopic (exact) mass is 286 g/mol. The van der Waals surface area contributed by atoms with Crippen LogP contribution in [0.4, 0.5) is 0 Å². The molecular weight excluding hydrogens is 264 g/mol. The molecule has 0 aromatic carbocycles. The molecule has 19 heavy (non-hydrogen) atoms. The van der Waals surface area contributed by atoms with E-state index in [4.69, 9.17) is 0 Å². The lowest BCUT2D eigenvalue weighted by Gasteiger charge is -2.22. The SMILES string of the molecule is CS(=O)(=O)N1CCCN(C(=O)CC2C=CCC2)CC1. The van der Waals surface area contributed by atoms with Crippen LogP contribution in [-0.2, 0) is 14.8 Å². The van der Waals surface area contributed by atoms with Crippen LogP contribution in [0.5, 0.6) is 0 Å². The first-order valence-corrected chi connectivity index (χ1v) is 8.71. The molecule has 1 heterocycles. The molecule has 108 valence electrons. The van der Waals surface area contributed by atoms with Gasteiger partial charge in [-0.05, 0) is 25.2 Å². The zero-order valence-corrected chi connectivity index (χ0v) is 12.2. The summed E-state index contributed by atoms with van der Waals surface area (Å²) in [5.74, 6) is 0.536. The molecule has 0 aromatic heterocycles. The van der Waals surface area contributed by atoms with Crippen LogP contribution >= 0.6 is 0 Å². The van der Waals surface area contributed by atoms with Gasteiger partial charge >= 0.3 is 0 Å². The van der Waals surface area contributed by atoms with Gasteiger partial charge in [0.2, 0.25) is 15.9 Å². The van der Waals surface area contributed by atoms with Gasteiger partial charge in [0.15, 0.2) is 0 Å². The zero-order valence-electron chi connectivity index (χ0n) is 11.4. The van der Waals surface area contributed by atoms with Crippen LogP contribution in [0.1, 0.15) is 25.7 Å². The molecule has 1 fully saturated rings. The van der Waals surface area contributed by atoms with Gasteiger partial charge in [0.1, 0.15) is 0 Å². The van der Waals surface area contributed by atoms with Crippen molar-refractivity contribution in [2.24, 2.45) is 5.92 Å². The molecule has 1 aliphatic heterocycles. The number of sulfonamides is 1. The van der Waals surface area contributed by atoms with E-state index in [1.807, 2.05) is 4.90 Å². The number of allylic oxidation sites excluding steroid dienone is 2. The molecule has 0 bridgehead atoms. The average molecular weight is 286 g/mol. The van der Waals surface area contributed by atoms with E-state index in [9.17, 15) is 13.2 Å². The van der Waals surface area contributed by atoms with Gasteiger partial charge in [0, 0.05) is 32.6 Å². The van der Waals surface area contributed by atoms with Crippen molar-refractivity contribution in [2.75, 3.05) is 32.4 Å². The average Bonchev–Trinajstić information content (AvgIpc) is 2.69. The molecule has 0 radical (unpaired) electrons. The normalized spacial score (nSPS) is 25.5. The third-order valence-electron chi connectivity index (χ3n) is 3.83. The van der Waals surface area contributed by atoms with E-state index in [2.05, 4.69) is 12.2 Å². The number of carbonyl (C=O) groups is 1. The Morgan fingerprint density at radius 1 is 1.26 bits per heavy atom. The molecule has 0 aromatic rings. The van der Waals surface area contributed by atoms with Gasteiger partial charge in [0.05, 0.1) is 6.26 Å². The van der Waals surface area contributed by atoms with E-state index in [0.29, 0.717) is 38.5 Å². The first-order valence-electron chi connectivity index (χ1n) is 6.86. The summed E-state index contributed by atoms with van der Waals surface area (Å²) >= 11 is 0. The number of nitrogens with zero attached hydrogens (tertiary/aromatic N) is 2. The Morgan fingerprint density at radius 3 is 2.68 bits per heavy atom. The summed E-state index contributed by atoms with van der Waals surface area (Å²) in [6, 6.07) is 0. The van der Waals surface area contributed by atoms with Gasteiger partial charge < -0.3 is 4.90 Å². The fourth-order valence-electron chi connectivity index (χ4n) is 2.69. The van der Waals surface area contributed by atoms with Gasteiger partial charge in [-0.1, -0.05) is 12.2 Å². The molecule has 2 rings (SSSR count). The molecule has 5 nitrogen and oxygen atoms in total. The van der Waals surface area contributed by atoms with Crippen molar-refractivity contribution in [1.82, 2.24) is 9.21 Å². The third-order valence-corrected chi connectivity index (χ3v) is 5.13. The first kappa shape index (κ1) is 14.5. The van der Waals surface area contributed by atoms with Crippen molar-refractivity contribution in [2.45, 2.75) is 25.7 Å². The summed E-state index contributed by atoms with van der Waals surface area (Å²) in [5.41, 5.74) is 0. The quantitative estimate of drug-likeness (QED) is 0.722. The second-order valence-electron chi connectivity index (χ2n) is 5.37. The largest absolute Gasteiger partial charge is 0.341 e. The summed E-state index contributed by atoms with van der Waals surface area (Å²) in [5, 5.41) is 0. The van der Waals surface area contributed by atoms with Crippen LogP contribution in [0.15, 0.2) is 12.2 Å². The lowest BCUT2D eigenvalue weighted by molar-refractivity contribution is -0.131. The second-order valence-corrected chi connectivity index (χ2v) is 7.35. The molecule has 2 aliphatic rings. The van der Waals surface area contributed by atoms with Crippen molar-refractivity contribution in [3.63, 3.8) is 0 Å². The summed E-state index contributed by atoms with van der Waals surface area (Å²) in [6.45, 7) is 2.13. The van der Waals surface area contributed by atoms with E-state index in [1.54, 1.807) is 0 Å². The Bertz CT molecular complexity index is 459. The highest BCUT2D eigenvalue weighted by Crippen LogP contribution is 2.21. The fraction of sp³-hybridized carbons (Fsp3) is 0.769. The summed E-state index contributed by atoms with van der Waals surface area (Å²) in [6.07, 6.45) is 8.90. The van der Waals surface area contributed by atoms with Gasteiger partial charge in [0.25, 0.3) is 0 Å². The number of amides is 1. The summed E-state index contributed by atoms with van der Waals surface area (Å²) < 4.78 is 24.5. The van der Waals surface area contributed by atoms with Crippen LogP contribution in [0, 0.1) is 5.92 Å². The summed E-state index contributed by atoms with van der Waals surface area (Å²) in [7, 11) is -3.14. The number of hydrogen-bond donors (Lipinski definition) is 0. The maximum Gasteiger partial charge on any atom is 0.223 e. The van der Waals surface area contributed by atoms with E-state index in [1.165, 1.54) is 10.6 Å². The Kier molecular flexibility index (Phi) is 4.62. The minimum Gasteiger partial charge on any atom is -0.341 e. The van der Waals surface area contributed by atoms with Crippen molar-refractivity contribution >= 4 is 15.9 Å². The number of hydrogen-bond acceptors (Lipinski definition) is 3. The maximum absolute atomic E-state index is 12.2. The molecule has 1 unspecified atom stereocenters. The van der Waals surface area contributed by atoms with Crippen molar-refractivity contribution < 1.29 is 13.2 Å². The smallest absolute Gasteiger partial charge is 0.223 e. The van der Waals surface area contributed by atoms with E-state index < -0.39 is 10.0 Å². The van der Waals surface area contributed by atoms with Gasteiger partial charge in [-0.3, -0.25) is 4.79 Å². The van der Waals surface area contributed by atoms with Crippen molar-refractivity contribution in [3.05, 3.63) is 12.2 Å². The molecule has 0 saturated carbocycles. The first-order chi connectivity index (χ1) is 8.97. The molecule has 0 N–H and O–H groups in total. The van der Waals surface area contributed by atoms with Crippen molar-refractivity contribution in [1.29, 1.82) is 0 Å². The third kappa shape index (κ3) is 4.04. The van der Waals surface area contributed by atoms with Crippen LogP contribution in [0.25, 0.3) is 0 Å². The topological polar surface area (TPSA) is 57.7 Å². The Hall–Kier alpha value is -0.880. The number of carbonyl (C=O) groups excluding carboxylic acids is 1. The van der Waals surface area contributed by atoms with E-state index in [0.717, 1.165) is 19.3 Å². The minimum absolute atomic E-state index is 0.159. The van der Waals surface area contributed by atoms with Crippen molar-refractivity contribution in [3.8, 4) is 0 Å². The highest BCUT2D eigenvalue weighted by atomic mass is 32.2. The molecule has 1 atom stereocenters. The van der Waals surface area contributed by atoms with E-state index in [-0.39, 0.29) is 5.91 Å². The lowest BCUT2D eigenvalue weighted by Crippen LogP contribution is -2.37. The lowest BCUT2D eigenvalue weighted by atomic mass is 10.0. The molecule has 1 amide bonds. The van der Waals surface area contributed by atoms with Crippen LogP contribution in [0.3, 0.4) is 0 Å². The predicted molar refractivity (Wildman–Crippen MR) is 74.1 cm³/mol. The Balaban J connectivity index is 1.88. The van der Waals surface area contributed by atoms with Gasteiger partial charge in [-0.15, -0.1) is 0 Å². The van der Waals surface area contributed by atoms with Gasteiger partial charge in [-0.2, -0.15) is 0 Å². The molecule has 6 heteroatoms. The summed E-state index contributed by atoms with van der Waals surface area (Å²) in [4.78, 5) is 14.0.